The summed E-state index contributed by atoms with van der Waals surface area (Å²) in [6, 6.07) is 2.86. The summed E-state index contributed by atoms with van der Waals surface area (Å²) in [6.45, 7) is 1.01. The number of nitrogens with two attached hydrogens (primary N) is 1. The quantitative estimate of drug-likeness (QED) is 0.879. The molecule has 0 spiro atoms. The second-order valence-electron chi connectivity index (χ2n) is 4.58. The third kappa shape index (κ3) is 4.71. The molecule has 0 bridgehead atoms. The van der Waals surface area contributed by atoms with Crippen molar-refractivity contribution in [2.45, 2.75) is 24.9 Å². The fraction of sp³-hybridized carbons (Fsp3) is 0.417. The predicted octanol–water partition coefficient (Wildman–Crippen LogP) is 1.54. The van der Waals surface area contributed by atoms with E-state index in [9.17, 15) is 26.4 Å². The van der Waals surface area contributed by atoms with Crippen LogP contribution in [-0.2, 0) is 27.4 Å². The van der Waals surface area contributed by atoms with Crippen LogP contribution in [-0.4, -0.2) is 25.8 Å². The van der Waals surface area contributed by atoms with Crippen LogP contribution >= 0.6 is 0 Å². The molecule has 0 saturated carbocycles. The molecule has 0 radical (unpaired) electrons. The number of sulfone groups is 1. The summed E-state index contributed by atoms with van der Waals surface area (Å²) in [6.07, 6.45) is -3.72. The average Bonchev–Trinajstić information content (AvgIpc) is 2.35. The number of carbonyl (C=O) groups excluding carboxylic acids is 1. The van der Waals surface area contributed by atoms with Gasteiger partial charge in [-0.2, -0.15) is 13.2 Å². The first-order chi connectivity index (χ1) is 9.45. The van der Waals surface area contributed by atoms with Gasteiger partial charge in [0.25, 0.3) is 0 Å². The lowest BCUT2D eigenvalue weighted by Crippen LogP contribution is -2.31. The standard InChI is InChI=1S/C12H15F3N2O3S/c1-7(21(2,19)20)11(18)17-10-4-8(6-16)3-9(5-10)12(13,14)15/h3-5,7H,6,16H2,1-2H3,(H,17,18). The van der Waals surface area contributed by atoms with Gasteiger partial charge in [-0.25, -0.2) is 8.42 Å². The maximum atomic E-state index is 12.7. The van der Waals surface area contributed by atoms with Crippen molar-refractivity contribution in [2.24, 2.45) is 5.73 Å². The SMILES string of the molecule is CC(C(=O)Nc1cc(CN)cc(C(F)(F)F)c1)S(C)(=O)=O. The molecule has 1 amide bonds. The van der Waals surface area contributed by atoms with Gasteiger partial charge in [-0.05, 0) is 30.7 Å². The number of carbonyl (C=O) groups is 1. The Kier molecular flexibility index (Phi) is 5.00. The third-order valence-corrected chi connectivity index (χ3v) is 4.33. The third-order valence-electron chi connectivity index (χ3n) is 2.83. The highest BCUT2D eigenvalue weighted by Gasteiger charge is 2.31. The Morgan fingerprint density at radius 3 is 2.33 bits per heavy atom. The molecule has 5 nitrogen and oxygen atoms in total. The van der Waals surface area contributed by atoms with Crippen molar-refractivity contribution in [3.63, 3.8) is 0 Å². The zero-order valence-corrected chi connectivity index (χ0v) is 12.2. The van der Waals surface area contributed by atoms with Gasteiger partial charge >= 0.3 is 6.18 Å². The molecule has 21 heavy (non-hydrogen) atoms. The number of amides is 1. The molecule has 3 N–H and O–H groups in total. The van der Waals surface area contributed by atoms with Crippen LogP contribution in [0.4, 0.5) is 18.9 Å². The van der Waals surface area contributed by atoms with Gasteiger partial charge in [-0.1, -0.05) is 0 Å². The molecule has 1 atom stereocenters. The van der Waals surface area contributed by atoms with Crippen molar-refractivity contribution in [2.75, 3.05) is 11.6 Å². The number of benzene rings is 1. The van der Waals surface area contributed by atoms with Crippen molar-refractivity contribution in [3.8, 4) is 0 Å². The van der Waals surface area contributed by atoms with Gasteiger partial charge in [0.15, 0.2) is 9.84 Å². The lowest BCUT2D eigenvalue weighted by molar-refractivity contribution is -0.137. The normalized spacial score (nSPS) is 13.8. The molecule has 0 fully saturated rings. The predicted molar refractivity (Wildman–Crippen MR) is 72.3 cm³/mol. The van der Waals surface area contributed by atoms with Crippen LogP contribution in [0.3, 0.4) is 0 Å². The number of hydrogen-bond donors (Lipinski definition) is 2. The number of nitrogens with one attached hydrogen (secondary N) is 1. The highest BCUT2D eigenvalue weighted by Crippen LogP contribution is 2.32. The lowest BCUT2D eigenvalue weighted by atomic mass is 10.1. The summed E-state index contributed by atoms with van der Waals surface area (Å²) >= 11 is 0. The number of anilines is 1. The van der Waals surface area contributed by atoms with Gasteiger partial charge in [0.05, 0.1) is 5.56 Å². The Bertz CT molecular complexity index is 642. The van der Waals surface area contributed by atoms with Crippen molar-refractivity contribution < 1.29 is 26.4 Å². The van der Waals surface area contributed by atoms with Crippen LogP contribution < -0.4 is 11.1 Å². The highest BCUT2D eigenvalue weighted by molar-refractivity contribution is 7.92. The molecular formula is C12H15F3N2O3S. The maximum absolute atomic E-state index is 12.7. The van der Waals surface area contributed by atoms with Gasteiger partial charge in [-0.3, -0.25) is 4.79 Å². The van der Waals surface area contributed by atoms with E-state index in [-0.39, 0.29) is 17.8 Å². The molecule has 1 aromatic rings. The Hall–Kier alpha value is -1.61. The van der Waals surface area contributed by atoms with Crippen molar-refractivity contribution in [3.05, 3.63) is 29.3 Å². The fourth-order valence-electron chi connectivity index (χ4n) is 1.48. The molecular weight excluding hydrogens is 309 g/mol. The molecule has 0 aliphatic rings. The first-order valence-corrected chi connectivity index (χ1v) is 7.81. The van der Waals surface area contributed by atoms with Gasteiger partial charge in [0, 0.05) is 18.5 Å². The van der Waals surface area contributed by atoms with Gasteiger partial charge < -0.3 is 11.1 Å². The van der Waals surface area contributed by atoms with Gasteiger partial charge in [0.2, 0.25) is 5.91 Å². The minimum atomic E-state index is -4.59. The van der Waals surface area contributed by atoms with E-state index in [1.54, 1.807) is 0 Å². The monoisotopic (exact) mass is 324 g/mol. The van der Waals surface area contributed by atoms with Crippen LogP contribution in [0.2, 0.25) is 0 Å². The smallest absolute Gasteiger partial charge is 0.326 e. The highest BCUT2D eigenvalue weighted by atomic mass is 32.2. The topological polar surface area (TPSA) is 89.3 Å². The number of hydrogen-bond acceptors (Lipinski definition) is 4. The number of alkyl halides is 3. The Morgan fingerprint density at radius 1 is 1.33 bits per heavy atom. The van der Waals surface area contributed by atoms with Crippen molar-refractivity contribution >= 4 is 21.4 Å². The summed E-state index contributed by atoms with van der Waals surface area (Å²) in [7, 11) is -3.64. The molecule has 118 valence electrons. The largest absolute Gasteiger partial charge is 0.416 e. The van der Waals surface area contributed by atoms with Crippen molar-refractivity contribution in [1.82, 2.24) is 0 Å². The first kappa shape index (κ1) is 17.4. The molecule has 1 unspecified atom stereocenters. The molecule has 0 saturated heterocycles. The van der Waals surface area contributed by atoms with E-state index in [0.717, 1.165) is 25.3 Å². The fourth-order valence-corrected chi connectivity index (χ4v) is 1.93. The van der Waals surface area contributed by atoms with Crippen molar-refractivity contribution in [1.29, 1.82) is 0 Å². The molecule has 0 aliphatic carbocycles. The first-order valence-electron chi connectivity index (χ1n) is 5.86. The second kappa shape index (κ2) is 6.02. The summed E-state index contributed by atoms with van der Waals surface area (Å²) in [5, 5.41) is 0.795. The number of rotatable bonds is 4. The van der Waals surface area contributed by atoms with E-state index in [4.69, 9.17) is 5.73 Å². The molecule has 0 heterocycles. The lowest BCUT2D eigenvalue weighted by Gasteiger charge is -2.14. The minimum absolute atomic E-state index is 0.144. The van der Waals surface area contributed by atoms with E-state index in [2.05, 4.69) is 5.32 Å². The van der Waals surface area contributed by atoms with E-state index in [1.807, 2.05) is 0 Å². The molecule has 0 aromatic heterocycles. The molecule has 9 heteroatoms. The summed E-state index contributed by atoms with van der Waals surface area (Å²) < 4.78 is 60.7. The average molecular weight is 324 g/mol. The Balaban J connectivity index is 3.12. The Labute approximate surface area is 120 Å². The summed E-state index contributed by atoms with van der Waals surface area (Å²) in [4.78, 5) is 11.7. The second-order valence-corrected chi connectivity index (χ2v) is 6.95. The molecule has 1 rings (SSSR count). The minimum Gasteiger partial charge on any atom is -0.326 e. The van der Waals surface area contributed by atoms with Crippen LogP contribution in [0.15, 0.2) is 18.2 Å². The van der Waals surface area contributed by atoms with Crippen LogP contribution in [0.25, 0.3) is 0 Å². The Morgan fingerprint density at radius 2 is 1.90 bits per heavy atom. The van der Waals surface area contributed by atoms with Crippen LogP contribution in [0.5, 0.6) is 0 Å². The van der Waals surface area contributed by atoms with Gasteiger partial charge in [-0.15, -0.1) is 0 Å². The molecule has 0 aliphatic heterocycles. The van der Waals surface area contributed by atoms with E-state index in [1.165, 1.54) is 6.07 Å². The maximum Gasteiger partial charge on any atom is 0.416 e. The number of halogens is 3. The van der Waals surface area contributed by atoms with E-state index >= 15 is 0 Å². The van der Waals surface area contributed by atoms with Gasteiger partial charge in [0.1, 0.15) is 5.25 Å². The van der Waals surface area contributed by atoms with E-state index in [0.29, 0.717) is 0 Å². The zero-order chi connectivity index (χ0) is 16.4. The zero-order valence-electron chi connectivity index (χ0n) is 11.4. The van der Waals surface area contributed by atoms with Crippen LogP contribution in [0, 0.1) is 0 Å². The molecule has 1 aromatic carbocycles. The summed E-state index contributed by atoms with van der Waals surface area (Å²) in [5.74, 6) is -0.903. The van der Waals surface area contributed by atoms with E-state index < -0.39 is 32.7 Å². The summed E-state index contributed by atoms with van der Waals surface area (Å²) in [5.41, 5.74) is 4.38. The van der Waals surface area contributed by atoms with Crippen LogP contribution in [0.1, 0.15) is 18.1 Å².